The first kappa shape index (κ1) is 20.1. The number of hydrogen-bond donors (Lipinski definition) is 0. The van der Waals surface area contributed by atoms with Crippen LogP contribution >= 0.6 is 15.9 Å². The minimum absolute atomic E-state index is 0.343. The third-order valence-electron chi connectivity index (χ3n) is 4.30. The average Bonchev–Trinajstić information content (AvgIpc) is 2.98. The van der Waals surface area contributed by atoms with Gasteiger partial charge >= 0.3 is 5.97 Å². The van der Waals surface area contributed by atoms with Gasteiger partial charge in [-0.15, -0.1) is 0 Å². The third-order valence-corrected chi connectivity index (χ3v) is 5.04. The van der Waals surface area contributed by atoms with Crippen molar-refractivity contribution in [2.24, 2.45) is 0 Å². The number of aryl methyl sites for hydroxylation is 1. The van der Waals surface area contributed by atoms with E-state index in [9.17, 15) is 4.79 Å². The van der Waals surface area contributed by atoms with Crippen molar-refractivity contribution in [3.63, 3.8) is 0 Å². The van der Waals surface area contributed by atoms with Gasteiger partial charge in [0.25, 0.3) is 0 Å². The average molecular weight is 440 g/mol. The molecule has 0 spiro atoms. The van der Waals surface area contributed by atoms with E-state index in [0.29, 0.717) is 17.5 Å². The van der Waals surface area contributed by atoms with Crippen molar-refractivity contribution in [1.82, 2.24) is 9.78 Å². The van der Waals surface area contributed by atoms with E-state index in [4.69, 9.17) is 15.1 Å². The number of nitriles is 1. The summed E-state index contributed by atoms with van der Waals surface area (Å²) in [6.07, 6.45) is 0.616. The van der Waals surface area contributed by atoms with Crippen LogP contribution in [0.2, 0.25) is 0 Å². The molecule has 28 heavy (non-hydrogen) atoms. The van der Waals surface area contributed by atoms with Crippen molar-refractivity contribution in [1.29, 1.82) is 5.26 Å². The third kappa shape index (κ3) is 4.26. The molecule has 1 aromatic heterocycles. The number of aromatic nitrogens is 2. The number of rotatable bonds is 4. The number of fused-ring (bicyclic) bond motifs is 1. The molecule has 0 aliphatic heterocycles. The van der Waals surface area contributed by atoms with Gasteiger partial charge in [0.15, 0.2) is 0 Å². The van der Waals surface area contributed by atoms with Crippen LogP contribution in [0.15, 0.2) is 40.9 Å². The fourth-order valence-electron chi connectivity index (χ4n) is 3.02. The van der Waals surface area contributed by atoms with E-state index in [1.807, 2.05) is 56.6 Å². The first-order chi connectivity index (χ1) is 13.2. The van der Waals surface area contributed by atoms with Crippen molar-refractivity contribution in [2.75, 3.05) is 0 Å². The Morgan fingerprint density at radius 1 is 1.25 bits per heavy atom. The molecule has 0 atom stereocenters. The molecule has 5 nitrogen and oxygen atoms in total. The van der Waals surface area contributed by atoms with Crippen molar-refractivity contribution in [3.8, 4) is 6.07 Å². The minimum Gasteiger partial charge on any atom is -0.456 e. The van der Waals surface area contributed by atoms with E-state index in [1.54, 1.807) is 12.1 Å². The molecule has 0 saturated carbocycles. The summed E-state index contributed by atoms with van der Waals surface area (Å²) in [7, 11) is 0. The summed E-state index contributed by atoms with van der Waals surface area (Å²) in [6.45, 7) is 8.30. The van der Waals surface area contributed by atoms with Crippen LogP contribution in [-0.2, 0) is 17.7 Å². The molecule has 3 rings (SSSR count). The lowest BCUT2D eigenvalue weighted by molar-refractivity contribution is 0.00694. The molecule has 2 aromatic carbocycles. The highest BCUT2D eigenvalue weighted by Crippen LogP contribution is 2.27. The second-order valence-electron chi connectivity index (χ2n) is 7.59. The quantitative estimate of drug-likeness (QED) is 0.521. The van der Waals surface area contributed by atoms with Gasteiger partial charge in [0.1, 0.15) is 5.60 Å². The largest absolute Gasteiger partial charge is 0.456 e. The summed E-state index contributed by atoms with van der Waals surface area (Å²) in [6, 6.07) is 13.3. The maximum atomic E-state index is 12.3. The Morgan fingerprint density at radius 3 is 2.61 bits per heavy atom. The molecule has 0 aliphatic rings. The number of halogens is 1. The number of ether oxygens (including phenoxy) is 1. The smallest absolute Gasteiger partial charge is 0.338 e. The van der Waals surface area contributed by atoms with E-state index in [2.05, 4.69) is 22.0 Å². The Kier molecular flexibility index (Phi) is 5.57. The zero-order valence-corrected chi connectivity index (χ0v) is 18.0. The van der Waals surface area contributed by atoms with Crippen LogP contribution in [0.3, 0.4) is 0 Å². The first-order valence-corrected chi connectivity index (χ1v) is 9.92. The van der Waals surface area contributed by atoms with Crippen LogP contribution in [0.5, 0.6) is 0 Å². The molecule has 0 bridgehead atoms. The standard InChI is InChI=1S/C22H22BrN3O2/c1-5-26-20-10-14(13-24)6-9-17(20)19(25-26)12-15-7-8-16(11-18(15)23)21(27)28-22(2,3)4/h6-11H,5,12H2,1-4H3. The number of nitrogens with zero attached hydrogens (tertiary/aromatic N) is 3. The summed E-state index contributed by atoms with van der Waals surface area (Å²) < 4.78 is 8.18. The van der Waals surface area contributed by atoms with Gasteiger partial charge in [0.2, 0.25) is 0 Å². The molecule has 0 N–H and O–H groups in total. The topological polar surface area (TPSA) is 67.9 Å². The van der Waals surface area contributed by atoms with Crippen molar-refractivity contribution in [3.05, 3.63) is 63.3 Å². The Bertz CT molecular complexity index is 1090. The van der Waals surface area contributed by atoms with Gasteiger partial charge in [0, 0.05) is 22.8 Å². The summed E-state index contributed by atoms with van der Waals surface area (Å²) in [5.74, 6) is -0.343. The minimum atomic E-state index is -0.531. The molecule has 0 radical (unpaired) electrons. The number of esters is 1. The van der Waals surface area contributed by atoms with Crippen LogP contribution in [0.4, 0.5) is 0 Å². The maximum Gasteiger partial charge on any atom is 0.338 e. The molecule has 0 saturated heterocycles. The van der Waals surface area contributed by atoms with E-state index in [1.165, 1.54) is 0 Å². The molecule has 6 heteroatoms. The van der Waals surface area contributed by atoms with Gasteiger partial charge in [0.05, 0.1) is 28.4 Å². The highest BCUT2D eigenvalue weighted by atomic mass is 79.9. The van der Waals surface area contributed by atoms with Crippen LogP contribution < -0.4 is 0 Å². The normalized spacial score (nSPS) is 11.4. The molecule has 0 aliphatic carbocycles. The molecule has 3 aromatic rings. The Hall–Kier alpha value is -2.65. The number of carbonyl (C=O) groups excluding carboxylic acids is 1. The zero-order chi connectivity index (χ0) is 20.5. The second kappa shape index (κ2) is 7.76. The van der Waals surface area contributed by atoms with Gasteiger partial charge in [-0.2, -0.15) is 10.4 Å². The summed E-state index contributed by atoms with van der Waals surface area (Å²) >= 11 is 3.58. The first-order valence-electron chi connectivity index (χ1n) is 9.13. The van der Waals surface area contributed by atoms with E-state index >= 15 is 0 Å². The molecule has 0 unspecified atom stereocenters. The van der Waals surface area contributed by atoms with Crippen LogP contribution in [0.1, 0.15) is 54.9 Å². The number of benzene rings is 2. The van der Waals surface area contributed by atoms with Crippen LogP contribution in [0.25, 0.3) is 10.9 Å². The summed E-state index contributed by atoms with van der Waals surface area (Å²) in [4.78, 5) is 12.3. The predicted octanol–water partition coefficient (Wildman–Crippen LogP) is 5.24. The van der Waals surface area contributed by atoms with E-state index in [0.717, 1.165) is 33.2 Å². The van der Waals surface area contributed by atoms with Gasteiger partial charge < -0.3 is 4.74 Å². The molecule has 1 heterocycles. The monoisotopic (exact) mass is 439 g/mol. The fourth-order valence-corrected chi connectivity index (χ4v) is 3.54. The predicted molar refractivity (Wildman–Crippen MR) is 112 cm³/mol. The van der Waals surface area contributed by atoms with Gasteiger partial charge in [-0.1, -0.05) is 22.0 Å². The number of carbonyl (C=O) groups is 1. The highest BCUT2D eigenvalue weighted by Gasteiger charge is 2.19. The number of hydrogen-bond acceptors (Lipinski definition) is 4. The molecular formula is C22H22BrN3O2. The van der Waals surface area contributed by atoms with Crippen molar-refractivity contribution >= 4 is 32.8 Å². The van der Waals surface area contributed by atoms with Gasteiger partial charge in [-0.25, -0.2) is 4.79 Å². The SMILES string of the molecule is CCn1nc(Cc2ccc(C(=O)OC(C)(C)C)cc2Br)c2ccc(C#N)cc21. The zero-order valence-electron chi connectivity index (χ0n) is 16.4. The Morgan fingerprint density at radius 2 is 2.00 bits per heavy atom. The maximum absolute atomic E-state index is 12.3. The lowest BCUT2D eigenvalue weighted by Gasteiger charge is -2.19. The second-order valence-corrected chi connectivity index (χ2v) is 8.45. The van der Waals surface area contributed by atoms with E-state index in [-0.39, 0.29) is 5.97 Å². The van der Waals surface area contributed by atoms with Crippen LogP contribution in [-0.4, -0.2) is 21.4 Å². The Balaban J connectivity index is 1.92. The summed E-state index contributed by atoms with van der Waals surface area (Å²) in [5, 5.41) is 14.9. The fraction of sp³-hybridized carbons (Fsp3) is 0.318. The lowest BCUT2D eigenvalue weighted by atomic mass is 10.0. The summed E-state index contributed by atoms with van der Waals surface area (Å²) in [5.41, 5.74) is 3.52. The van der Waals surface area contributed by atoms with Crippen molar-refractivity contribution < 1.29 is 9.53 Å². The molecule has 0 fully saturated rings. The highest BCUT2D eigenvalue weighted by molar-refractivity contribution is 9.10. The molecular weight excluding hydrogens is 418 g/mol. The molecule has 0 amide bonds. The molecule has 144 valence electrons. The van der Waals surface area contributed by atoms with Gasteiger partial charge in [-0.05, 0) is 63.6 Å². The van der Waals surface area contributed by atoms with Crippen LogP contribution in [0, 0.1) is 11.3 Å². The lowest BCUT2D eigenvalue weighted by Crippen LogP contribution is -2.23. The Labute approximate surface area is 173 Å². The van der Waals surface area contributed by atoms with Gasteiger partial charge in [-0.3, -0.25) is 4.68 Å². The van der Waals surface area contributed by atoms with Crippen molar-refractivity contribution in [2.45, 2.75) is 46.3 Å². The van der Waals surface area contributed by atoms with E-state index < -0.39 is 5.60 Å².